The zero-order chi connectivity index (χ0) is 10.9. The van der Waals surface area contributed by atoms with Gasteiger partial charge in [0.1, 0.15) is 0 Å². The van der Waals surface area contributed by atoms with Gasteiger partial charge in [-0.3, -0.25) is 0 Å². The smallest absolute Gasteiger partial charge is 0.157 e. The Morgan fingerprint density at radius 3 is 1.29 bits per heavy atom. The Balaban J connectivity index is 3.26. The Bertz CT molecular complexity index is 302. The van der Waals surface area contributed by atoms with Crippen molar-refractivity contribution in [3.63, 3.8) is 0 Å². The molecule has 0 aliphatic heterocycles. The highest BCUT2D eigenvalue weighted by molar-refractivity contribution is 6.72. The fourth-order valence-electron chi connectivity index (χ4n) is 1.47. The van der Waals surface area contributed by atoms with Crippen LogP contribution in [0.2, 0.25) is 26.2 Å². The summed E-state index contributed by atoms with van der Waals surface area (Å²) in [5.41, 5.74) is 0. The molecule has 0 aliphatic rings. The van der Waals surface area contributed by atoms with Gasteiger partial charge in [0.25, 0.3) is 0 Å². The monoisotopic (exact) mass is 230 g/mol. The van der Waals surface area contributed by atoms with Crippen LogP contribution in [0.4, 0.5) is 8.78 Å². The number of hydrogen-bond donors (Lipinski definition) is 0. The molecule has 0 radical (unpaired) electrons. The highest BCUT2D eigenvalue weighted by Crippen LogP contribution is 2.03. The molecule has 0 atom stereocenters. The highest BCUT2D eigenvalue weighted by Gasteiger charge is 2.17. The van der Waals surface area contributed by atoms with E-state index in [1.807, 2.05) is 26.2 Å². The van der Waals surface area contributed by atoms with Crippen molar-refractivity contribution >= 4 is 28.0 Å². The van der Waals surface area contributed by atoms with Gasteiger partial charge in [0.05, 0.1) is 17.6 Å². The van der Waals surface area contributed by atoms with Crippen LogP contribution < -0.4 is 10.4 Å². The summed E-state index contributed by atoms with van der Waals surface area (Å²) in [7, 11) is -2.50. The van der Waals surface area contributed by atoms with Crippen molar-refractivity contribution in [2.45, 2.75) is 26.2 Å². The van der Waals surface area contributed by atoms with Gasteiger partial charge in [-0.1, -0.05) is 38.3 Å². The summed E-state index contributed by atoms with van der Waals surface area (Å²) in [6.45, 7) is 8.02. The van der Waals surface area contributed by atoms with E-state index in [1.165, 1.54) is 0 Å². The van der Waals surface area contributed by atoms with Crippen molar-refractivity contribution in [1.29, 1.82) is 0 Å². The van der Waals surface area contributed by atoms with Crippen molar-refractivity contribution in [3.05, 3.63) is 23.8 Å². The predicted molar refractivity (Wildman–Crippen MR) is 63.4 cm³/mol. The van der Waals surface area contributed by atoms with Crippen LogP contribution in [-0.4, -0.2) is 17.6 Å². The molecule has 0 nitrogen and oxygen atoms in total. The van der Waals surface area contributed by atoms with Crippen molar-refractivity contribution in [2.75, 3.05) is 0 Å². The summed E-state index contributed by atoms with van der Waals surface area (Å²) in [5.74, 6) is -1.18. The van der Waals surface area contributed by atoms with Gasteiger partial charge in [-0.25, -0.2) is 8.78 Å². The van der Waals surface area contributed by atoms with Gasteiger partial charge in [0, 0.05) is 0 Å². The van der Waals surface area contributed by atoms with Crippen LogP contribution in [0.25, 0.3) is 0 Å². The molecule has 0 amide bonds. The van der Waals surface area contributed by atoms with Crippen LogP contribution >= 0.6 is 0 Å². The lowest BCUT2D eigenvalue weighted by molar-refractivity contribution is 0.519. The average molecular weight is 230 g/mol. The molecule has 0 aromatic heterocycles. The molecular formula is C10H16F2Si2. The van der Waals surface area contributed by atoms with Gasteiger partial charge in [-0.05, 0) is 10.4 Å². The summed E-state index contributed by atoms with van der Waals surface area (Å²) in [5, 5.41) is 1.22. The maximum absolute atomic E-state index is 13.6. The molecule has 1 aromatic carbocycles. The molecule has 0 spiro atoms. The maximum atomic E-state index is 13.6. The van der Waals surface area contributed by atoms with Gasteiger partial charge in [-0.15, -0.1) is 0 Å². The number of benzene rings is 1. The fourth-order valence-corrected chi connectivity index (χ4v) is 3.70. The second-order valence-electron chi connectivity index (χ2n) is 4.18. The molecule has 0 heterocycles. The first kappa shape index (κ1) is 11.6. The second-order valence-corrected chi connectivity index (χ2v) is 10.0. The quantitative estimate of drug-likeness (QED) is 0.673. The van der Waals surface area contributed by atoms with Crippen LogP contribution in [0, 0.1) is 11.6 Å². The number of hydrogen-bond acceptors (Lipinski definition) is 0. The topological polar surface area (TPSA) is 0 Å². The molecular weight excluding hydrogens is 214 g/mol. The van der Waals surface area contributed by atoms with Crippen LogP contribution in [0.15, 0.2) is 12.1 Å². The lowest BCUT2D eigenvalue weighted by Gasteiger charge is -2.11. The maximum Gasteiger partial charge on any atom is 0.157 e. The van der Waals surface area contributed by atoms with E-state index in [-0.39, 0.29) is 0 Å². The molecule has 0 unspecified atom stereocenters. The molecule has 14 heavy (non-hydrogen) atoms. The summed E-state index contributed by atoms with van der Waals surface area (Å²) < 4.78 is 27.1. The minimum Gasteiger partial charge on any atom is -0.204 e. The zero-order valence-electron chi connectivity index (χ0n) is 9.07. The van der Waals surface area contributed by atoms with E-state index in [1.54, 1.807) is 12.1 Å². The van der Waals surface area contributed by atoms with Crippen molar-refractivity contribution in [1.82, 2.24) is 0 Å². The van der Waals surface area contributed by atoms with Gasteiger partial charge >= 0.3 is 0 Å². The fraction of sp³-hybridized carbons (Fsp3) is 0.400. The summed E-state index contributed by atoms with van der Waals surface area (Å²) in [4.78, 5) is 0. The first-order valence-corrected chi connectivity index (χ1v) is 10.7. The average Bonchev–Trinajstić information content (AvgIpc) is 2.08. The molecule has 0 aliphatic carbocycles. The molecule has 0 N–H and O–H groups in total. The van der Waals surface area contributed by atoms with Gasteiger partial charge < -0.3 is 0 Å². The van der Waals surface area contributed by atoms with Crippen molar-refractivity contribution in [3.8, 4) is 0 Å². The Labute approximate surface area is 87.2 Å². The molecule has 4 heteroatoms. The Morgan fingerprint density at radius 1 is 0.786 bits per heavy atom. The van der Waals surface area contributed by atoms with E-state index >= 15 is 0 Å². The Morgan fingerprint density at radius 2 is 1.07 bits per heavy atom. The third kappa shape index (κ3) is 2.12. The standard InChI is InChI=1S/C10H16F2Si2/c1-13(2)7-5-6-8(14(3)4)10(12)9(7)11/h5-6,13-14H,1-4H3. The molecule has 78 valence electrons. The molecule has 1 aromatic rings. The molecule has 0 saturated carbocycles. The van der Waals surface area contributed by atoms with E-state index in [9.17, 15) is 8.78 Å². The van der Waals surface area contributed by atoms with Crippen molar-refractivity contribution in [2.24, 2.45) is 0 Å². The molecule has 0 bridgehead atoms. The van der Waals surface area contributed by atoms with Crippen LogP contribution in [0.3, 0.4) is 0 Å². The Kier molecular flexibility index (Phi) is 3.61. The molecule has 0 fully saturated rings. The highest BCUT2D eigenvalue weighted by atomic mass is 28.3. The normalized spacial score (nSPS) is 11.4. The Hall–Kier alpha value is -0.486. The van der Waals surface area contributed by atoms with E-state index in [0.29, 0.717) is 10.4 Å². The van der Waals surface area contributed by atoms with Gasteiger partial charge in [0.2, 0.25) is 0 Å². The summed E-state index contributed by atoms with van der Waals surface area (Å²) in [6, 6.07) is 3.55. The zero-order valence-corrected chi connectivity index (χ0v) is 11.4. The van der Waals surface area contributed by atoms with E-state index in [0.717, 1.165) is 0 Å². The molecule has 0 saturated heterocycles. The summed E-state index contributed by atoms with van der Waals surface area (Å²) >= 11 is 0. The lowest BCUT2D eigenvalue weighted by atomic mass is 10.3. The van der Waals surface area contributed by atoms with Crippen molar-refractivity contribution < 1.29 is 8.78 Å². The third-order valence-corrected chi connectivity index (χ3v) is 5.77. The van der Waals surface area contributed by atoms with Gasteiger partial charge in [-0.2, -0.15) is 0 Å². The first-order valence-electron chi connectivity index (χ1n) is 4.93. The minimum atomic E-state index is -1.25. The van der Waals surface area contributed by atoms with Gasteiger partial charge in [0.15, 0.2) is 11.6 Å². The van der Waals surface area contributed by atoms with Crippen LogP contribution in [0.5, 0.6) is 0 Å². The van der Waals surface area contributed by atoms with E-state index in [2.05, 4.69) is 0 Å². The lowest BCUT2D eigenvalue weighted by Crippen LogP contribution is -2.35. The van der Waals surface area contributed by atoms with E-state index < -0.39 is 29.2 Å². The molecule has 1 rings (SSSR count). The SMILES string of the molecule is C[SiH](C)c1ccc([SiH](C)C)c(F)c1F. The first-order chi connectivity index (χ1) is 6.45. The number of halogens is 2. The predicted octanol–water partition coefficient (Wildman–Crippen LogP) is 1.35. The van der Waals surface area contributed by atoms with Crippen LogP contribution in [-0.2, 0) is 0 Å². The minimum absolute atomic E-state index is 0.592. The third-order valence-electron chi connectivity index (χ3n) is 2.39. The second kappa shape index (κ2) is 4.36. The van der Waals surface area contributed by atoms with E-state index in [4.69, 9.17) is 0 Å². The van der Waals surface area contributed by atoms with Crippen LogP contribution in [0.1, 0.15) is 0 Å². The largest absolute Gasteiger partial charge is 0.204 e. The number of rotatable bonds is 2. The summed E-state index contributed by atoms with van der Waals surface area (Å²) in [6.07, 6.45) is 0.